The molecule has 0 saturated heterocycles. The number of hydrogen-bond donors (Lipinski definition) is 3. The van der Waals surface area contributed by atoms with Gasteiger partial charge in [0.25, 0.3) is 5.91 Å². The van der Waals surface area contributed by atoms with Crippen LogP contribution in [0.25, 0.3) is 10.1 Å². The summed E-state index contributed by atoms with van der Waals surface area (Å²) in [6.45, 7) is 2.63. The molecule has 1 unspecified atom stereocenters. The first-order valence-corrected chi connectivity index (χ1v) is 12.8. The number of fused-ring (bicyclic) bond motifs is 1. The van der Waals surface area contributed by atoms with Crippen molar-refractivity contribution in [2.75, 3.05) is 6.61 Å². The molecular formula is C21H21BrF2NO5PS. The Balaban J connectivity index is 1.73. The van der Waals surface area contributed by atoms with Crippen molar-refractivity contribution in [2.24, 2.45) is 0 Å². The van der Waals surface area contributed by atoms with Gasteiger partial charge in [-0.05, 0) is 46.1 Å². The third-order valence-corrected chi connectivity index (χ3v) is 8.22. The Morgan fingerprint density at radius 2 is 1.94 bits per heavy atom. The first-order valence-electron chi connectivity index (χ1n) is 9.63. The van der Waals surface area contributed by atoms with Gasteiger partial charge in [-0.15, -0.1) is 11.3 Å². The van der Waals surface area contributed by atoms with E-state index in [0.29, 0.717) is 35.7 Å². The molecule has 0 spiro atoms. The summed E-state index contributed by atoms with van der Waals surface area (Å²) in [6, 6.07) is 13.8. The Morgan fingerprint density at radius 1 is 1.25 bits per heavy atom. The smallest absolute Gasteiger partial charge is 0.375 e. The van der Waals surface area contributed by atoms with Crippen LogP contribution in [0.4, 0.5) is 8.78 Å². The SMILES string of the molecule is CCC(COCc1ccccc1)NC(=O)c1ccc2sc(C(F)(F)P(=O)(O)O)c(Br)c2c1. The number of amides is 1. The van der Waals surface area contributed by atoms with E-state index in [2.05, 4.69) is 21.2 Å². The minimum Gasteiger partial charge on any atom is -0.375 e. The molecule has 1 heterocycles. The lowest BCUT2D eigenvalue weighted by atomic mass is 10.1. The second kappa shape index (κ2) is 10.1. The molecule has 2 aromatic carbocycles. The Kier molecular flexibility index (Phi) is 7.85. The minimum atomic E-state index is -5.71. The van der Waals surface area contributed by atoms with Gasteiger partial charge in [0.1, 0.15) is 4.88 Å². The molecule has 3 aromatic rings. The highest BCUT2D eigenvalue weighted by molar-refractivity contribution is 9.10. The molecule has 6 nitrogen and oxygen atoms in total. The maximum absolute atomic E-state index is 14.2. The summed E-state index contributed by atoms with van der Waals surface area (Å²) in [4.78, 5) is 30.0. The first-order chi connectivity index (χ1) is 15.0. The van der Waals surface area contributed by atoms with E-state index in [0.717, 1.165) is 5.56 Å². The quantitative estimate of drug-likeness (QED) is 0.302. The van der Waals surface area contributed by atoms with E-state index in [-0.39, 0.29) is 21.5 Å². The average Bonchev–Trinajstić information content (AvgIpc) is 3.09. The molecule has 1 aromatic heterocycles. The van der Waals surface area contributed by atoms with Crippen molar-refractivity contribution in [3.8, 4) is 0 Å². The zero-order valence-corrected chi connectivity index (χ0v) is 20.2. The van der Waals surface area contributed by atoms with Gasteiger partial charge in [0.05, 0.1) is 19.3 Å². The van der Waals surface area contributed by atoms with Crippen molar-refractivity contribution in [1.29, 1.82) is 0 Å². The molecule has 32 heavy (non-hydrogen) atoms. The van der Waals surface area contributed by atoms with E-state index in [1.54, 1.807) is 0 Å². The fourth-order valence-corrected chi connectivity index (χ4v) is 5.88. The molecule has 0 aliphatic carbocycles. The number of rotatable bonds is 9. The normalized spacial score (nSPS) is 13.3. The highest BCUT2D eigenvalue weighted by Crippen LogP contribution is 2.62. The van der Waals surface area contributed by atoms with E-state index in [9.17, 15) is 18.1 Å². The van der Waals surface area contributed by atoms with E-state index in [1.807, 2.05) is 37.3 Å². The van der Waals surface area contributed by atoms with Gasteiger partial charge in [-0.2, -0.15) is 8.78 Å². The fourth-order valence-electron chi connectivity index (χ4n) is 2.96. The number of carbonyl (C=O) groups excluding carboxylic acids is 1. The molecular weight excluding hydrogens is 527 g/mol. The molecule has 0 radical (unpaired) electrons. The van der Waals surface area contributed by atoms with Crippen LogP contribution in [0.3, 0.4) is 0 Å². The Bertz CT molecular complexity index is 1150. The number of carbonyl (C=O) groups is 1. The predicted molar refractivity (Wildman–Crippen MR) is 123 cm³/mol. The standard InChI is InChI=1S/C21H21BrF2NO5PS/c1-2-15(12-30-11-13-6-4-3-5-7-13)25-20(26)14-8-9-17-16(10-14)18(22)19(32-17)21(23,24)31(27,28)29/h3-10,15H,2,11-12H2,1H3,(H,25,26)(H2,27,28,29). The summed E-state index contributed by atoms with van der Waals surface area (Å²) in [5, 5.41) is 3.14. The average molecular weight is 548 g/mol. The van der Waals surface area contributed by atoms with Crippen LogP contribution in [0, 0.1) is 0 Å². The summed E-state index contributed by atoms with van der Waals surface area (Å²) in [5.41, 5.74) is -3.07. The van der Waals surface area contributed by atoms with Gasteiger partial charge in [-0.3, -0.25) is 9.36 Å². The van der Waals surface area contributed by atoms with Crippen molar-refractivity contribution in [3.05, 3.63) is 69.0 Å². The number of thiophene rings is 1. The van der Waals surface area contributed by atoms with Crippen LogP contribution >= 0.6 is 34.9 Å². The number of benzene rings is 2. The van der Waals surface area contributed by atoms with Gasteiger partial charge >= 0.3 is 13.3 Å². The first kappa shape index (κ1) is 25.0. The van der Waals surface area contributed by atoms with Crippen LogP contribution in [-0.4, -0.2) is 28.3 Å². The number of alkyl halides is 2. The van der Waals surface area contributed by atoms with Gasteiger partial charge in [0, 0.05) is 20.1 Å². The Hall–Kier alpha value is -1.68. The van der Waals surface area contributed by atoms with Crippen molar-refractivity contribution < 1.29 is 32.7 Å². The van der Waals surface area contributed by atoms with E-state index >= 15 is 0 Å². The third kappa shape index (κ3) is 5.44. The molecule has 0 bridgehead atoms. The van der Waals surface area contributed by atoms with Gasteiger partial charge in [0.15, 0.2) is 0 Å². The summed E-state index contributed by atoms with van der Waals surface area (Å²) in [7, 11) is -5.71. The van der Waals surface area contributed by atoms with Gasteiger partial charge < -0.3 is 19.8 Å². The van der Waals surface area contributed by atoms with Crippen molar-refractivity contribution in [2.45, 2.75) is 31.7 Å². The number of ether oxygens (including phenoxy) is 1. The summed E-state index contributed by atoms with van der Waals surface area (Å²) >= 11 is 3.58. The molecule has 0 aliphatic heterocycles. The van der Waals surface area contributed by atoms with Gasteiger partial charge in [-0.1, -0.05) is 37.3 Å². The summed E-state index contributed by atoms with van der Waals surface area (Å²) < 4.78 is 45.6. The fraction of sp³-hybridized carbons (Fsp3) is 0.286. The maximum Gasteiger partial charge on any atom is 0.400 e. The zero-order chi connectivity index (χ0) is 23.5. The molecule has 172 valence electrons. The van der Waals surface area contributed by atoms with Gasteiger partial charge in [0.2, 0.25) is 0 Å². The van der Waals surface area contributed by atoms with Crippen molar-refractivity contribution in [1.82, 2.24) is 5.32 Å². The van der Waals surface area contributed by atoms with Gasteiger partial charge in [-0.25, -0.2) is 0 Å². The maximum atomic E-state index is 14.2. The number of nitrogens with one attached hydrogen (secondary N) is 1. The molecule has 3 N–H and O–H groups in total. The third-order valence-electron chi connectivity index (χ3n) is 4.79. The monoisotopic (exact) mass is 547 g/mol. The Labute approximate surface area is 195 Å². The Morgan fingerprint density at radius 3 is 2.56 bits per heavy atom. The summed E-state index contributed by atoms with van der Waals surface area (Å²) in [5.74, 6) is -0.400. The second-order valence-corrected chi connectivity index (χ2v) is 10.6. The molecule has 3 rings (SSSR count). The molecule has 0 fully saturated rings. The van der Waals surface area contributed by atoms with E-state index < -0.39 is 24.0 Å². The second-order valence-electron chi connectivity index (χ2n) is 7.12. The van der Waals surface area contributed by atoms with Crippen LogP contribution < -0.4 is 5.32 Å². The van der Waals surface area contributed by atoms with Crippen LogP contribution in [0.2, 0.25) is 0 Å². The molecule has 0 saturated carbocycles. The van der Waals surface area contributed by atoms with E-state index in [1.165, 1.54) is 18.2 Å². The minimum absolute atomic E-state index is 0.140. The zero-order valence-electron chi connectivity index (χ0n) is 16.9. The molecule has 1 amide bonds. The van der Waals surface area contributed by atoms with Crippen LogP contribution in [0.15, 0.2) is 53.0 Å². The molecule has 0 aliphatic rings. The number of hydrogen-bond acceptors (Lipinski definition) is 4. The van der Waals surface area contributed by atoms with Crippen molar-refractivity contribution in [3.63, 3.8) is 0 Å². The molecule has 1 atom stereocenters. The van der Waals surface area contributed by atoms with Crippen LogP contribution in [-0.2, 0) is 21.6 Å². The van der Waals surface area contributed by atoms with Crippen molar-refractivity contribution >= 4 is 50.9 Å². The van der Waals surface area contributed by atoms with Crippen LogP contribution in [0.1, 0.15) is 34.1 Å². The lowest BCUT2D eigenvalue weighted by Gasteiger charge is -2.17. The lowest BCUT2D eigenvalue weighted by molar-refractivity contribution is 0.0595. The van der Waals surface area contributed by atoms with E-state index in [4.69, 9.17) is 14.5 Å². The largest absolute Gasteiger partial charge is 0.400 e. The lowest BCUT2D eigenvalue weighted by Crippen LogP contribution is -2.37. The van der Waals surface area contributed by atoms with Crippen LogP contribution in [0.5, 0.6) is 0 Å². The summed E-state index contributed by atoms with van der Waals surface area (Å²) in [6.07, 6.45) is 0.629. The predicted octanol–water partition coefficient (Wildman–Crippen LogP) is 5.62. The topological polar surface area (TPSA) is 95.9 Å². The molecule has 11 heteroatoms. The number of halogens is 3. The highest BCUT2D eigenvalue weighted by atomic mass is 79.9. The highest BCUT2D eigenvalue weighted by Gasteiger charge is 2.53.